The van der Waals surface area contributed by atoms with Gasteiger partial charge in [0.1, 0.15) is 0 Å². The fraction of sp³-hybridized carbons (Fsp3) is 0.923. The van der Waals surface area contributed by atoms with Crippen molar-refractivity contribution in [2.24, 2.45) is 5.92 Å². The zero-order valence-corrected chi connectivity index (χ0v) is 13.8. The molecule has 0 aliphatic rings. The smallest absolute Gasteiger partial charge is 0.209 e. The van der Waals surface area contributed by atoms with E-state index in [1.807, 2.05) is 4.68 Å². The molecular formula is C13H27N5OS. The number of hydrogen-bond donors (Lipinski definition) is 1. The summed E-state index contributed by atoms with van der Waals surface area (Å²) in [5, 5.41) is 16.0. The predicted octanol–water partition coefficient (Wildman–Crippen LogP) is 1.83. The summed E-state index contributed by atoms with van der Waals surface area (Å²) < 4.78 is 7.43. The summed E-state index contributed by atoms with van der Waals surface area (Å²) >= 11 is 1.65. The number of rotatable bonds is 11. The predicted molar refractivity (Wildman–Crippen MR) is 82.0 cm³/mol. The van der Waals surface area contributed by atoms with Crippen LogP contribution in [0.25, 0.3) is 0 Å². The molecule has 0 aliphatic heterocycles. The van der Waals surface area contributed by atoms with E-state index >= 15 is 0 Å². The lowest BCUT2D eigenvalue weighted by Gasteiger charge is -2.09. The number of hydrogen-bond acceptors (Lipinski definition) is 6. The summed E-state index contributed by atoms with van der Waals surface area (Å²) in [5.74, 6) is 1.58. The van der Waals surface area contributed by atoms with E-state index in [0.29, 0.717) is 12.0 Å². The van der Waals surface area contributed by atoms with Crippen LogP contribution in [0.1, 0.15) is 34.1 Å². The molecule has 0 spiro atoms. The van der Waals surface area contributed by atoms with Crippen molar-refractivity contribution in [3.05, 3.63) is 0 Å². The molecule has 0 unspecified atom stereocenters. The molecule has 1 aromatic heterocycles. The molecule has 0 amide bonds. The highest BCUT2D eigenvalue weighted by molar-refractivity contribution is 7.99. The van der Waals surface area contributed by atoms with E-state index in [1.165, 1.54) is 0 Å². The second-order valence-electron chi connectivity index (χ2n) is 5.44. The zero-order valence-electron chi connectivity index (χ0n) is 13.0. The Labute approximate surface area is 126 Å². The average molecular weight is 301 g/mol. The second-order valence-corrected chi connectivity index (χ2v) is 6.50. The van der Waals surface area contributed by atoms with Gasteiger partial charge < -0.3 is 10.1 Å². The molecule has 0 fully saturated rings. The highest BCUT2D eigenvalue weighted by Crippen LogP contribution is 2.13. The summed E-state index contributed by atoms with van der Waals surface area (Å²) in [6.07, 6.45) is 1.11. The van der Waals surface area contributed by atoms with Gasteiger partial charge in [0.2, 0.25) is 5.16 Å². The Morgan fingerprint density at radius 2 is 2.05 bits per heavy atom. The lowest BCUT2D eigenvalue weighted by Crippen LogP contribution is -2.27. The fourth-order valence-corrected chi connectivity index (χ4v) is 2.27. The lowest BCUT2D eigenvalue weighted by molar-refractivity contribution is 0.138. The zero-order chi connectivity index (χ0) is 14.8. The number of thioether (sulfide) groups is 1. The molecule has 0 radical (unpaired) electrons. The SMILES string of the molecule is CC(C)CCOCCSc1nnnn1CCNC(C)C. The van der Waals surface area contributed by atoms with E-state index in [1.54, 1.807) is 11.8 Å². The Bertz CT molecular complexity index is 356. The van der Waals surface area contributed by atoms with E-state index < -0.39 is 0 Å². The molecule has 0 saturated carbocycles. The molecule has 0 bridgehead atoms. The van der Waals surface area contributed by atoms with Crippen LogP contribution in [0, 0.1) is 5.92 Å². The number of nitrogens with zero attached hydrogens (tertiary/aromatic N) is 4. The molecule has 1 rings (SSSR count). The molecule has 0 atom stereocenters. The molecule has 1 heterocycles. The molecule has 0 aliphatic carbocycles. The largest absolute Gasteiger partial charge is 0.381 e. The van der Waals surface area contributed by atoms with Gasteiger partial charge in [-0.15, -0.1) is 5.10 Å². The van der Waals surface area contributed by atoms with Crippen molar-refractivity contribution < 1.29 is 4.74 Å². The first-order valence-corrected chi connectivity index (χ1v) is 8.28. The molecule has 1 aromatic rings. The Balaban J connectivity index is 2.15. The van der Waals surface area contributed by atoms with Gasteiger partial charge >= 0.3 is 0 Å². The third-order valence-electron chi connectivity index (χ3n) is 2.67. The van der Waals surface area contributed by atoms with Crippen LogP contribution in [0.2, 0.25) is 0 Å². The van der Waals surface area contributed by atoms with Crippen molar-refractivity contribution in [3.63, 3.8) is 0 Å². The Hall–Kier alpha value is -0.660. The average Bonchev–Trinajstić information content (AvgIpc) is 2.80. The normalized spacial score (nSPS) is 11.7. The van der Waals surface area contributed by atoms with E-state index in [4.69, 9.17) is 4.74 Å². The van der Waals surface area contributed by atoms with Gasteiger partial charge in [0.15, 0.2) is 0 Å². The van der Waals surface area contributed by atoms with Gasteiger partial charge in [0.05, 0.1) is 13.2 Å². The summed E-state index contributed by atoms with van der Waals surface area (Å²) in [6, 6.07) is 0.483. The molecule has 116 valence electrons. The minimum atomic E-state index is 0.483. The van der Waals surface area contributed by atoms with Gasteiger partial charge in [-0.3, -0.25) is 0 Å². The Kier molecular flexibility index (Phi) is 8.80. The summed E-state index contributed by atoms with van der Waals surface area (Å²) in [6.45, 7) is 11.9. The van der Waals surface area contributed by atoms with Crippen LogP contribution in [-0.4, -0.2) is 51.8 Å². The van der Waals surface area contributed by atoms with Crippen LogP contribution in [0.4, 0.5) is 0 Å². The minimum absolute atomic E-state index is 0.483. The molecule has 1 N–H and O–H groups in total. The van der Waals surface area contributed by atoms with Gasteiger partial charge in [0, 0.05) is 24.9 Å². The van der Waals surface area contributed by atoms with Crippen LogP contribution in [0.3, 0.4) is 0 Å². The van der Waals surface area contributed by atoms with E-state index in [9.17, 15) is 0 Å². The van der Waals surface area contributed by atoms with E-state index in [-0.39, 0.29) is 0 Å². The topological polar surface area (TPSA) is 64.9 Å². The van der Waals surface area contributed by atoms with Crippen LogP contribution >= 0.6 is 11.8 Å². The van der Waals surface area contributed by atoms with Crippen LogP contribution in [-0.2, 0) is 11.3 Å². The molecule has 20 heavy (non-hydrogen) atoms. The maximum atomic E-state index is 5.58. The number of ether oxygens (including phenoxy) is 1. The highest BCUT2D eigenvalue weighted by atomic mass is 32.2. The molecule has 7 heteroatoms. The van der Waals surface area contributed by atoms with Gasteiger partial charge in [0.25, 0.3) is 0 Å². The molecule has 0 aromatic carbocycles. The summed E-state index contributed by atoms with van der Waals surface area (Å²) in [4.78, 5) is 0. The second kappa shape index (κ2) is 10.1. The first-order valence-electron chi connectivity index (χ1n) is 7.29. The van der Waals surface area contributed by atoms with Crippen LogP contribution < -0.4 is 5.32 Å². The van der Waals surface area contributed by atoms with Gasteiger partial charge in [-0.25, -0.2) is 4.68 Å². The Morgan fingerprint density at radius 1 is 1.25 bits per heavy atom. The third-order valence-corrected chi connectivity index (χ3v) is 3.59. The monoisotopic (exact) mass is 301 g/mol. The molecule has 6 nitrogen and oxygen atoms in total. The number of tetrazole rings is 1. The van der Waals surface area contributed by atoms with Crippen LogP contribution in [0.15, 0.2) is 5.16 Å². The van der Waals surface area contributed by atoms with Gasteiger partial charge in [-0.1, -0.05) is 39.5 Å². The maximum Gasteiger partial charge on any atom is 0.209 e. The fourth-order valence-electron chi connectivity index (χ4n) is 1.51. The van der Waals surface area contributed by atoms with Gasteiger partial charge in [-0.2, -0.15) is 0 Å². The van der Waals surface area contributed by atoms with Crippen LogP contribution in [0.5, 0.6) is 0 Å². The van der Waals surface area contributed by atoms with Crippen molar-refractivity contribution in [1.29, 1.82) is 0 Å². The van der Waals surface area contributed by atoms with Crippen molar-refractivity contribution in [1.82, 2.24) is 25.5 Å². The van der Waals surface area contributed by atoms with Gasteiger partial charge in [-0.05, 0) is 22.8 Å². The number of nitrogens with one attached hydrogen (secondary N) is 1. The first-order chi connectivity index (χ1) is 9.59. The highest BCUT2D eigenvalue weighted by Gasteiger charge is 2.06. The minimum Gasteiger partial charge on any atom is -0.381 e. The molecular weight excluding hydrogens is 274 g/mol. The third kappa shape index (κ3) is 7.81. The van der Waals surface area contributed by atoms with E-state index in [2.05, 4.69) is 48.5 Å². The number of aromatic nitrogens is 4. The van der Waals surface area contributed by atoms with E-state index in [0.717, 1.165) is 43.6 Å². The summed E-state index contributed by atoms with van der Waals surface area (Å²) in [5.41, 5.74) is 0. The van der Waals surface area contributed by atoms with Crippen molar-refractivity contribution in [2.45, 2.75) is 51.9 Å². The van der Waals surface area contributed by atoms with Crippen molar-refractivity contribution >= 4 is 11.8 Å². The first kappa shape index (κ1) is 17.4. The molecule has 0 saturated heterocycles. The standard InChI is InChI=1S/C13H27N5OS/c1-11(2)5-8-19-9-10-20-13-15-16-17-18(13)7-6-14-12(3)4/h11-12,14H,5-10H2,1-4H3. The lowest BCUT2D eigenvalue weighted by atomic mass is 10.1. The summed E-state index contributed by atoms with van der Waals surface area (Å²) in [7, 11) is 0. The Morgan fingerprint density at radius 3 is 2.75 bits per heavy atom. The van der Waals surface area contributed by atoms with Crippen molar-refractivity contribution in [3.8, 4) is 0 Å². The quantitative estimate of drug-likeness (QED) is 0.497. The maximum absolute atomic E-state index is 5.58. The van der Waals surface area contributed by atoms with Crippen molar-refractivity contribution in [2.75, 3.05) is 25.5 Å².